The zero-order chi connectivity index (χ0) is 13.0. The van der Waals surface area contributed by atoms with E-state index in [4.69, 9.17) is 4.74 Å². The van der Waals surface area contributed by atoms with Gasteiger partial charge in [0.05, 0.1) is 6.07 Å². The second kappa shape index (κ2) is 5.36. The number of rotatable bonds is 4. The van der Waals surface area contributed by atoms with Crippen LogP contribution in [0.4, 0.5) is 4.39 Å². The molecule has 18 heavy (non-hydrogen) atoms. The number of hydrogen-bond donors (Lipinski definition) is 1. The van der Waals surface area contributed by atoms with Crippen LogP contribution in [0.3, 0.4) is 0 Å². The number of nitriles is 1. The minimum absolute atomic E-state index is 0.0227. The number of nitrogens with zero attached hydrogens (tertiary/aromatic N) is 1. The molecule has 0 bridgehead atoms. The molecule has 0 aromatic heterocycles. The summed E-state index contributed by atoms with van der Waals surface area (Å²) in [6.45, 7) is 2.75. The Labute approximate surface area is 107 Å². The lowest BCUT2D eigenvalue weighted by Gasteiger charge is -2.21. The first-order chi connectivity index (χ1) is 8.67. The molecule has 1 fully saturated rings. The van der Waals surface area contributed by atoms with Gasteiger partial charge in [0.1, 0.15) is 23.2 Å². The smallest absolute Gasteiger partial charge is 0.126 e. The Balaban J connectivity index is 1.99. The van der Waals surface area contributed by atoms with Crippen molar-refractivity contribution in [3.05, 3.63) is 30.1 Å². The van der Waals surface area contributed by atoms with Crippen molar-refractivity contribution in [3.63, 3.8) is 0 Å². The normalized spacial score (nSPS) is 26.8. The van der Waals surface area contributed by atoms with Crippen molar-refractivity contribution in [2.75, 3.05) is 6.54 Å². The van der Waals surface area contributed by atoms with E-state index in [2.05, 4.69) is 11.4 Å². The summed E-state index contributed by atoms with van der Waals surface area (Å²) in [6.07, 6.45) is 2.22. The van der Waals surface area contributed by atoms with E-state index >= 15 is 0 Å². The second-order valence-corrected chi connectivity index (χ2v) is 4.66. The molecule has 0 radical (unpaired) electrons. The first kappa shape index (κ1) is 12.8. The minimum atomic E-state index is -0.479. The van der Waals surface area contributed by atoms with Crippen molar-refractivity contribution >= 4 is 0 Å². The molecule has 0 aliphatic heterocycles. The van der Waals surface area contributed by atoms with Gasteiger partial charge in [0, 0.05) is 12.5 Å². The van der Waals surface area contributed by atoms with Crippen LogP contribution < -0.4 is 10.1 Å². The van der Waals surface area contributed by atoms with E-state index in [9.17, 15) is 9.65 Å². The number of hydrogen-bond acceptors (Lipinski definition) is 3. The lowest BCUT2D eigenvalue weighted by Crippen LogP contribution is -2.42. The Bertz CT molecular complexity index is 457. The van der Waals surface area contributed by atoms with Crippen LogP contribution in [-0.4, -0.2) is 18.2 Å². The molecule has 2 atom stereocenters. The molecule has 96 valence electrons. The Morgan fingerprint density at radius 2 is 2.44 bits per heavy atom. The molecule has 2 rings (SSSR count). The van der Waals surface area contributed by atoms with Gasteiger partial charge in [0.2, 0.25) is 0 Å². The third kappa shape index (κ3) is 2.80. The maximum atomic E-state index is 13.0. The van der Waals surface area contributed by atoms with E-state index in [-0.39, 0.29) is 11.9 Å². The Kier molecular flexibility index (Phi) is 3.83. The van der Waals surface area contributed by atoms with E-state index in [1.165, 1.54) is 12.1 Å². The predicted octanol–water partition coefficient (Wildman–Crippen LogP) is 2.63. The number of halogens is 1. The highest BCUT2D eigenvalue weighted by molar-refractivity contribution is 5.23. The van der Waals surface area contributed by atoms with Crippen molar-refractivity contribution in [1.82, 2.24) is 5.32 Å². The van der Waals surface area contributed by atoms with Crippen LogP contribution in [0.15, 0.2) is 24.3 Å². The van der Waals surface area contributed by atoms with Crippen molar-refractivity contribution in [2.45, 2.75) is 37.8 Å². The SMILES string of the molecule is CCNC1(C#N)CCC(Oc2cccc(F)c2)C1. The summed E-state index contributed by atoms with van der Waals surface area (Å²) in [7, 11) is 0. The standard InChI is InChI=1S/C14H17FN2O/c1-2-17-14(10-16)7-6-13(9-14)18-12-5-3-4-11(15)8-12/h3-5,8,13,17H,2,6-7,9H2,1H3. The summed E-state index contributed by atoms with van der Waals surface area (Å²) in [5.74, 6) is 0.231. The van der Waals surface area contributed by atoms with Gasteiger partial charge in [-0.15, -0.1) is 0 Å². The van der Waals surface area contributed by atoms with Crippen LogP contribution >= 0.6 is 0 Å². The molecule has 0 amide bonds. The molecule has 1 aliphatic rings. The summed E-state index contributed by atoms with van der Waals surface area (Å²) < 4.78 is 18.8. The minimum Gasteiger partial charge on any atom is -0.490 e. The first-order valence-electron chi connectivity index (χ1n) is 6.26. The van der Waals surface area contributed by atoms with Crippen LogP contribution in [0, 0.1) is 17.1 Å². The molecule has 1 aromatic rings. The first-order valence-corrected chi connectivity index (χ1v) is 6.26. The summed E-state index contributed by atoms with van der Waals surface area (Å²) in [5, 5.41) is 12.5. The van der Waals surface area contributed by atoms with Gasteiger partial charge in [0.15, 0.2) is 0 Å². The van der Waals surface area contributed by atoms with E-state index < -0.39 is 5.54 Å². The third-order valence-corrected chi connectivity index (χ3v) is 3.30. The quantitative estimate of drug-likeness (QED) is 0.890. The summed E-state index contributed by atoms with van der Waals surface area (Å²) in [5.41, 5.74) is -0.479. The predicted molar refractivity (Wildman–Crippen MR) is 66.7 cm³/mol. The Morgan fingerprint density at radius 3 is 3.11 bits per heavy atom. The molecule has 1 aromatic carbocycles. The van der Waals surface area contributed by atoms with E-state index in [1.54, 1.807) is 12.1 Å². The van der Waals surface area contributed by atoms with Crippen LogP contribution in [0.25, 0.3) is 0 Å². The average Bonchev–Trinajstić information content (AvgIpc) is 2.74. The molecule has 1 N–H and O–H groups in total. The topological polar surface area (TPSA) is 45.0 Å². The molecule has 4 heteroatoms. The van der Waals surface area contributed by atoms with Gasteiger partial charge in [-0.25, -0.2) is 4.39 Å². The van der Waals surface area contributed by atoms with Crippen molar-refractivity contribution in [3.8, 4) is 11.8 Å². The van der Waals surface area contributed by atoms with Gasteiger partial charge in [0.25, 0.3) is 0 Å². The zero-order valence-corrected chi connectivity index (χ0v) is 10.4. The lowest BCUT2D eigenvalue weighted by atomic mass is 10.00. The molecule has 0 spiro atoms. The van der Waals surface area contributed by atoms with E-state index in [0.29, 0.717) is 12.2 Å². The molecule has 0 saturated heterocycles. The molecule has 1 aliphatic carbocycles. The summed E-state index contributed by atoms with van der Waals surface area (Å²) in [4.78, 5) is 0. The van der Waals surface area contributed by atoms with Gasteiger partial charge in [-0.2, -0.15) is 5.26 Å². The Hall–Kier alpha value is -1.60. The fourth-order valence-electron chi connectivity index (χ4n) is 2.47. The molecule has 0 heterocycles. The fraction of sp³-hybridized carbons (Fsp3) is 0.500. The number of ether oxygens (including phenoxy) is 1. The molecule has 2 unspecified atom stereocenters. The number of nitrogens with one attached hydrogen (secondary N) is 1. The number of benzene rings is 1. The highest BCUT2D eigenvalue weighted by Gasteiger charge is 2.39. The average molecular weight is 248 g/mol. The van der Waals surface area contributed by atoms with Crippen LogP contribution in [0.2, 0.25) is 0 Å². The Morgan fingerprint density at radius 1 is 1.61 bits per heavy atom. The van der Waals surface area contributed by atoms with E-state index in [1.807, 2.05) is 6.92 Å². The highest BCUT2D eigenvalue weighted by Crippen LogP contribution is 2.32. The monoisotopic (exact) mass is 248 g/mol. The van der Waals surface area contributed by atoms with Gasteiger partial charge in [-0.05, 0) is 31.5 Å². The van der Waals surface area contributed by atoms with Gasteiger partial charge < -0.3 is 4.74 Å². The maximum Gasteiger partial charge on any atom is 0.126 e. The van der Waals surface area contributed by atoms with Crippen LogP contribution in [0.1, 0.15) is 26.2 Å². The zero-order valence-electron chi connectivity index (χ0n) is 10.4. The van der Waals surface area contributed by atoms with E-state index in [0.717, 1.165) is 19.4 Å². The third-order valence-electron chi connectivity index (χ3n) is 3.30. The van der Waals surface area contributed by atoms with Gasteiger partial charge >= 0.3 is 0 Å². The van der Waals surface area contributed by atoms with Crippen molar-refractivity contribution in [1.29, 1.82) is 5.26 Å². The largest absolute Gasteiger partial charge is 0.490 e. The molecule has 1 saturated carbocycles. The highest BCUT2D eigenvalue weighted by atomic mass is 19.1. The second-order valence-electron chi connectivity index (χ2n) is 4.66. The van der Waals surface area contributed by atoms with Gasteiger partial charge in [-0.3, -0.25) is 5.32 Å². The molecule has 3 nitrogen and oxygen atoms in total. The fourth-order valence-corrected chi connectivity index (χ4v) is 2.47. The maximum absolute atomic E-state index is 13.0. The lowest BCUT2D eigenvalue weighted by molar-refractivity contribution is 0.200. The van der Waals surface area contributed by atoms with Crippen molar-refractivity contribution < 1.29 is 9.13 Å². The molecular weight excluding hydrogens is 231 g/mol. The van der Waals surface area contributed by atoms with Gasteiger partial charge in [-0.1, -0.05) is 13.0 Å². The van der Waals surface area contributed by atoms with Crippen LogP contribution in [-0.2, 0) is 0 Å². The summed E-state index contributed by atoms with van der Waals surface area (Å²) in [6, 6.07) is 8.47. The summed E-state index contributed by atoms with van der Waals surface area (Å²) >= 11 is 0. The van der Waals surface area contributed by atoms with Crippen molar-refractivity contribution in [2.24, 2.45) is 0 Å². The molecular formula is C14H17FN2O. The van der Waals surface area contributed by atoms with Crippen LogP contribution in [0.5, 0.6) is 5.75 Å².